The van der Waals surface area contributed by atoms with E-state index >= 15 is 0 Å². The van der Waals surface area contributed by atoms with E-state index in [2.05, 4.69) is 10.2 Å². The number of carbonyl (C=O) groups excluding carboxylic acids is 2. The first-order valence-electron chi connectivity index (χ1n) is 11.8. The molecule has 1 saturated carbocycles. The molecular formula is C29H24Cl2N2O2. The molecule has 3 unspecified atom stereocenters. The van der Waals surface area contributed by atoms with Gasteiger partial charge in [-0.2, -0.15) is 0 Å². The summed E-state index contributed by atoms with van der Waals surface area (Å²) >= 11 is 12.3. The van der Waals surface area contributed by atoms with Crippen molar-refractivity contribution in [2.75, 3.05) is 18.9 Å². The van der Waals surface area contributed by atoms with Gasteiger partial charge in [-0.05, 0) is 73.0 Å². The number of Topliss-reactive ketones (excluding diaryl/α,β-unsaturated/α-hetero) is 1. The molecule has 3 aromatic carbocycles. The van der Waals surface area contributed by atoms with E-state index in [0.717, 1.165) is 28.0 Å². The fourth-order valence-electron chi connectivity index (χ4n) is 6.73. The van der Waals surface area contributed by atoms with Gasteiger partial charge < -0.3 is 5.32 Å². The van der Waals surface area contributed by atoms with Gasteiger partial charge in [0.25, 0.3) is 5.91 Å². The highest BCUT2D eigenvalue weighted by molar-refractivity contribution is 6.30. The first-order valence-corrected chi connectivity index (χ1v) is 12.5. The number of likely N-dealkylation sites (tertiary alicyclic amines) is 1. The van der Waals surface area contributed by atoms with Gasteiger partial charge in [-0.15, -0.1) is 0 Å². The number of hydrogen-bond acceptors (Lipinski definition) is 3. The van der Waals surface area contributed by atoms with E-state index in [-0.39, 0.29) is 17.6 Å². The number of benzene rings is 3. The maximum atomic E-state index is 14.6. The molecule has 0 bridgehead atoms. The summed E-state index contributed by atoms with van der Waals surface area (Å²) in [6.07, 6.45) is 3.15. The van der Waals surface area contributed by atoms with Gasteiger partial charge in [-0.3, -0.25) is 14.5 Å². The van der Waals surface area contributed by atoms with Crippen LogP contribution in [0.4, 0.5) is 5.69 Å². The van der Waals surface area contributed by atoms with Crippen molar-refractivity contribution in [3.8, 4) is 0 Å². The molecule has 6 rings (SSSR count). The van der Waals surface area contributed by atoms with E-state index in [0.29, 0.717) is 29.4 Å². The first-order chi connectivity index (χ1) is 16.9. The lowest BCUT2D eigenvalue weighted by Crippen LogP contribution is -2.57. The number of rotatable bonds is 2. The van der Waals surface area contributed by atoms with Crippen LogP contribution in [0.3, 0.4) is 0 Å². The third kappa shape index (κ3) is 3.03. The highest BCUT2D eigenvalue weighted by Crippen LogP contribution is 2.67. The van der Waals surface area contributed by atoms with Crippen LogP contribution in [-0.4, -0.2) is 30.2 Å². The Balaban J connectivity index is 1.57. The summed E-state index contributed by atoms with van der Waals surface area (Å²) in [6.45, 7) is 0.587. The van der Waals surface area contributed by atoms with E-state index in [1.165, 1.54) is 0 Å². The molecule has 176 valence electrons. The lowest BCUT2D eigenvalue weighted by molar-refractivity contribution is -0.141. The normalized spacial score (nSPS) is 28.9. The zero-order chi connectivity index (χ0) is 24.4. The second kappa shape index (κ2) is 8.06. The molecule has 3 atom stereocenters. The van der Waals surface area contributed by atoms with Crippen molar-refractivity contribution in [1.82, 2.24) is 4.90 Å². The van der Waals surface area contributed by atoms with Crippen molar-refractivity contribution >= 4 is 46.7 Å². The third-order valence-electron chi connectivity index (χ3n) is 8.13. The van der Waals surface area contributed by atoms with E-state index < -0.39 is 11.0 Å². The maximum Gasteiger partial charge on any atom is 0.250 e. The molecule has 1 N–H and O–H groups in total. The molecule has 0 radical (unpaired) electrons. The van der Waals surface area contributed by atoms with Crippen molar-refractivity contribution in [2.24, 2.45) is 5.41 Å². The fourth-order valence-corrected chi connectivity index (χ4v) is 6.98. The largest absolute Gasteiger partial charge is 0.324 e. The molecule has 2 aliphatic heterocycles. The minimum Gasteiger partial charge on any atom is -0.324 e. The smallest absolute Gasteiger partial charge is 0.250 e. The Kier molecular flexibility index (Phi) is 5.19. The van der Waals surface area contributed by atoms with Crippen molar-refractivity contribution in [2.45, 2.75) is 24.3 Å². The van der Waals surface area contributed by atoms with Crippen LogP contribution >= 0.6 is 23.2 Å². The number of para-hydroxylation sites is 1. The summed E-state index contributed by atoms with van der Waals surface area (Å²) in [5.74, 6) is -0.243. The Labute approximate surface area is 214 Å². The minimum atomic E-state index is -1.08. The molecule has 6 heteroatoms. The monoisotopic (exact) mass is 502 g/mol. The molecule has 3 aliphatic rings. The Bertz CT molecular complexity index is 1380. The molecular weight excluding hydrogens is 479 g/mol. The average molecular weight is 503 g/mol. The highest BCUT2D eigenvalue weighted by atomic mass is 35.5. The number of anilines is 1. The maximum absolute atomic E-state index is 14.6. The van der Waals surface area contributed by atoms with Gasteiger partial charge in [0.05, 0.1) is 5.41 Å². The predicted molar refractivity (Wildman–Crippen MR) is 140 cm³/mol. The molecule has 35 heavy (non-hydrogen) atoms. The van der Waals surface area contributed by atoms with Crippen LogP contribution in [0.15, 0.2) is 78.4 Å². The zero-order valence-electron chi connectivity index (χ0n) is 19.2. The fraction of sp³-hybridized carbons (Fsp3) is 0.241. The van der Waals surface area contributed by atoms with Gasteiger partial charge in [0.15, 0.2) is 5.78 Å². The number of ketones is 1. The van der Waals surface area contributed by atoms with E-state index in [1.54, 1.807) is 0 Å². The van der Waals surface area contributed by atoms with Crippen molar-refractivity contribution in [3.05, 3.63) is 105 Å². The summed E-state index contributed by atoms with van der Waals surface area (Å²) < 4.78 is 0. The number of allylic oxidation sites excluding steroid dienone is 1. The molecule has 3 aromatic rings. The number of nitrogens with zero attached hydrogens (tertiary/aromatic N) is 1. The summed E-state index contributed by atoms with van der Waals surface area (Å²) in [5.41, 5.74) is 2.34. The van der Waals surface area contributed by atoms with Crippen LogP contribution in [0.5, 0.6) is 0 Å². The van der Waals surface area contributed by atoms with Gasteiger partial charge in [-0.1, -0.05) is 65.7 Å². The Hall–Kier alpha value is -2.92. The van der Waals surface area contributed by atoms with Gasteiger partial charge in [0.1, 0.15) is 5.54 Å². The van der Waals surface area contributed by atoms with E-state index in [1.807, 2.05) is 85.9 Å². The van der Waals surface area contributed by atoms with Crippen molar-refractivity contribution in [1.29, 1.82) is 0 Å². The first kappa shape index (κ1) is 22.5. The van der Waals surface area contributed by atoms with Crippen LogP contribution in [0.2, 0.25) is 10.0 Å². The number of halogens is 2. The molecule has 2 spiro atoms. The van der Waals surface area contributed by atoms with Crippen LogP contribution in [-0.2, 0) is 15.1 Å². The van der Waals surface area contributed by atoms with Crippen molar-refractivity contribution in [3.63, 3.8) is 0 Å². The SMILES string of the molecule is CN1CC(c2ccc(Cl)cc2)C2(CC/C(=C\c3ccc(Cl)cc3)C2=O)C12C(=O)Nc1ccccc12. The number of carbonyl (C=O) groups is 2. The van der Waals surface area contributed by atoms with Gasteiger partial charge >= 0.3 is 0 Å². The molecule has 2 heterocycles. The number of fused-ring (bicyclic) bond motifs is 3. The molecule has 0 aromatic heterocycles. The lowest BCUT2D eigenvalue weighted by atomic mass is 9.59. The Morgan fingerprint density at radius 2 is 1.60 bits per heavy atom. The summed E-state index contributed by atoms with van der Waals surface area (Å²) in [7, 11) is 1.97. The topological polar surface area (TPSA) is 49.4 Å². The molecule has 1 amide bonds. The third-order valence-corrected chi connectivity index (χ3v) is 8.64. The Morgan fingerprint density at radius 3 is 2.31 bits per heavy atom. The van der Waals surface area contributed by atoms with Crippen LogP contribution in [0.1, 0.15) is 35.4 Å². The molecule has 4 nitrogen and oxygen atoms in total. The van der Waals surface area contributed by atoms with Crippen molar-refractivity contribution < 1.29 is 9.59 Å². The summed E-state index contributed by atoms with van der Waals surface area (Å²) in [6, 6.07) is 23.0. The molecule has 2 fully saturated rings. The zero-order valence-corrected chi connectivity index (χ0v) is 20.7. The second-order valence-corrected chi connectivity index (χ2v) is 10.6. The predicted octanol–water partition coefficient (Wildman–Crippen LogP) is 6.30. The summed E-state index contributed by atoms with van der Waals surface area (Å²) in [5, 5.41) is 4.40. The van der Waals surface area contributed by atoms with E-state index in [4.69, 9.17) is 23.2 Å². The minimum absolute atomic E-state index is 0.0450. The van der Waals surface area contributed by atoms with Gasteiger partial charge in [-0.25, -0.2) is 0 Å². The standard InChI is InChI=1S/C29H24Cl2N2O2/c1-33-17-24(19-8-12-22(31)13-9-19)28(29(33)23-4-2-3-5-25(23)32-27(29)35)15-14-20(26(28)34)16-18-6-10-21(30)11-7-18/h2-13,16,24H,14-15,17H2,1H3,(H,32,35)/b20-16+. The number of nitrogens with one attached hydrogen (secondary N) is 1. The number of hydrogen-bond donors (Lipinski definition) is 1. The quantitative estimate of drug-likeness (QED) is 0.418. The number of amides is 1. The van der Waals surface area contributed by atoms with Crippen LogP contribution in [0, 0.1) is 5.41 Å². The molecule has 1 saturated heterocycles. The second-order valence-electron chi connectivity index (χ2n) is 9.72. The molecule has 1 aliphatic carbocycles. The average Bonchev–Trinajstić information content (AvgIpc) is 3.44. The Morgan fingerprint density at radius 1 is 0.943 bits per heavy atom. The van der Waals surface area contributed by atoms with Crippen LogP contribution in [0.25, 0.3) is 6.08 Å². The van der Waals surface area contributed by atoms with Gasteiger partial charge in [0, 0.05) is 33.8 Å². The lowest BCUT2D eigenvalue weighted by Gasteiger charge is -2.43. The van der Waals surface area contributed by atoms with Gasteiger partial charge in [0.2, 0.25) is 0 Å². The number of likely N-dealkylation sites (N-methyl/N-ethyl adjacent to an activating group) is 1. The van der Waals surface area contributed by atoms with E-state index in [9.17, 15) is 9.59 Å². The highest BCUT2D eigenvalue weighted by Gasteiger charge is 2.74. The van der Waals surface area contributed by atoms with Crippen LogP contribution < -0.4 is 5.32 Å². The summed E-state index contributed by atoms with van der Waals surface area (Å²) in [4.78, 5) is 30.6.